The topological polar surface area (TPSA) is 66.4 Å². The molecule has 1 amide bonds. The Morgan fingerprint density at radius 1 is 1.46 bits per heavy atom. The fraction of sp³-hybridized carbons (Fsp3) is 0.778. The number of carbonyl (C=O) groups excluding carboxylic acids is 1. The molecule has 1 aliphatic heterocycles. The molecule has 74 valence electrons. The summed E-state index contributed by atoms with van der Waals surface area (Å²) in [6.45, 7) is 5.50. The number of rotatable bonds is 3. The van der Waals surface area contributed by atoms with E-state index < -0.39 is 11.9 Å². The molecule has 0 radical (unpaired) electrons. The predicted molar refractivity (Wildman–Crippen MR) is 47.1 cm³/mol. The van der Waals surface area contributed by atoms with Crippen molar-refractivity contribution in [1.82, 2.24) is 5.32 Å². The summed E-state index contributed by atoms with van der Waals surface area (Å²) in [6.07, 6.45) is 0. The first-order chi connectivity index (χ1) is 5.95. The zero-order valence-corrected chi connectivity index (χ0v) is 8.07. The third kappa shape index (κ3) is 1.66. The highest BCUT2D eigenvalue weighted by molar-refractivity contribution is 5.88. The first-order valence-electron chi connectivity index (χ1n) is 4.48. The van der Waals surface area contributed by atoms with Crippen LogP contribution in [0.2, 0.25) is 0 Å². The third-order valence-corrected chi connectivity index (χ3v) is 2.65. The van der Waals surface area contributed by atoms with Crippen LogP contribution in [0.5, 0.6) is 0 Å². The summed E-state index contributed by atoms with van der Waals surface area (Å²) >= 11 is 0. The van der Waals surface area contributed by atoms with E-state index >= 15 is 0 Å². The van der Waals surface area contributed by atoms with Gasteiger partial charge in [0.1, 0.15) is 0 Å². The summed E-state index contributed by atoms with van der Waals surface area (Å²) in [6, 6.07) is -0.190. The van der Waals surface area contributed by atoms with Gasteiger partial charge in [0.25, 0.3) is 0 Å². The number of nitrogens with one attached hydrogen (secondary N) is 1. The Labute approximate surface area is 77.3 Å². The molecule has 0 aromatic heterocycles. The molecule has 3 atom stereocenters. The van der Waals surface area contributed by atoms with Gasteiger partial charge in [0.2, 0.25) is 5.91 Å². The van der Waals surface area contributed by atoms with E-state index in [1.165, 1.54) is 0 Å². The molecule has 2 N–H and O–H groups in total. The van der Waals surface area contributed by atoms with Crippen molar-refractivity contribution in [3.8, 4) is 0 Å². The number of carboxylic acids is 1. The monoisotopic (exact) mass is 185 g/mol. The maximum Gasteiger partial charge on any atom is 0.308 e. The van der Waals surface area contributed by atoms with Crippen LogP contribution in [0.15, 0.2) is 0 Å². The molecule has 0 aromatic rings. The summed E-state index contributed by atoms with van der Waals surface area (Å²) in [7, 11) is 0. The van der Waals surface area contributed by atoms with Crippen molar-refractivity contribution < 1.29 is 14.7 Å². The fourth-order valence-electron chi connectivity index (χ4n) is 1.72. The van der Waals surface area contributed by atoms with Crippen molar-refractivity contribution in [1.29, 1.82) is 0 Å². The number of carbonyl (C=O) groups is 2. The highest BCUT2D eigenvalue weighted by Gasteiger charge is 2.45. The number of amides is 1. The fourth-order valence-corrected chi connectivity index (χ4v) is 1.72. The quantitative estimate of drug-likeness (QED) is 0.628. The van der Waals surface area contributed by atoms with E-state index in [1.807, 2.05) is 13.8 Å². The van der Waals surface area contributed by atoms with E-state index in [9.17, 15) is 9.59 Å². The minimum atomic E-state index is -0.851. The first-order valence-corrected chi connectivity index (χ1v) is 4.48. The van der Waals surface area contributed by atoms with E-state index in [2.05, 4.69) is 5.32 Å². The largest absolute Gasteiger partial charge is 0.481 e. The Balaban J connectivity index is 2.64. The van der Waals surface area contributed by atoms with Crippen LogP contribution in [-0.4, -0.2) is 23.0 Å². The van der Waals surface area contributed by atoms with Crippen LogP contribution in [0.4, 0.5) is 0 Å². The third-order valence-electron chi connectivity index (χ3n) is 2.65. The molecule has 0 bridgehead atoms. The van der Waals surface area contributed by atoms with Gasteiger partial charge in [-0.25, -0.2) is 0 Å². The Hall–Kier alpha value is -1.06. The smallest absolute Gasteiger partial charge is 0.308 e. The molecule has 0 aliphatic carbocycles. The Kier molecular flexibility index (Phi) is 2.59. The van der Waals surface area contributed by atoms with Crippen LogP contribution < -0.4 is 5.32 Å². The molecule has 0 saturated carbocycles. The Morgan fingerprint density at radius 2 is 2.00 bits per heavy atom. The molecule has 1 saturated heterocycles. The average molecular weight is 185 g/mol. The van der Waals surface area contributed by atoms with Gasteiger partial charge in [-0.3, -0.25) is 9.59 Å². The van der Waals surface area contributed by atoms with Crippen molar-refractivity contribution in [2.75, 3.05) is 0 Å². The van der Waals surface area contributed by atoms with Crippen LogP contribution in [-0.2, 0) is 9.59 Å². The lowest BCUT2D eigenvalue weighted by molar-refractivity contribution is -0.149. The molecular weight excluding hydrogens is 170 g/mol. The van der Waals surface area contributed by atoms with Crippen LogP contribution >= 0.6 is 0 Å². The van der Waals surface area contributed by atoms with Gasteiger partial charge in [0, 0.05) is 0 Å². The number of β-lactam (4-membered cyclic amide) rings is 1. The molecule has 1 heterocycles. The standard InChI is InChI=1S/C9H15NO3/c1-4(2)6-7(10-8(6)11)5(3)9(12)13/h4-7H,1-3H3,(H,10,11)(H,12,13)/t5-,6-,7-/m1/s1. The van der Waals surface area contributed by atoms with Crippen LogP contribution in [0.1, 0.15) is 20.8 Å². The predicted octanol–water partition coefficient (Wildman–Crippen LogP) is 0.478. The number of aliphatic carboxylic acids is 1. The van der Waals surface area contributed by atoms with Gasteiger partial charge in [-0.1, -0.05) is 13.8 Å². The van der Waals surface area contributed by atoms with E-state index in [0.717, 1.165) is 0 Å². The zero-order valence-electron chi connectivity index (χ0n) is 8.07. The minimum absolute atomic E-state index is 0.0203. The SMILES string of the molecule is CC(C)[C@H]1C(=O)N[C@@H]1[C@@H](C)C(=O)O. The van der Waals surface area contributed by atoms with Crippen molar-refractivity contribution in [3.63, 3.8) is 0 Å². The van der Waals surface area contributed by atoms with Gasteiger partial charge in [-0.2, -0.15) is 0 Å². The summed E-state index contributed by atoms with van der Waals surface area (Å²) in [5.41, 5.74) is 0. The molecule has 1 aliphatic rings. The number of hydrogen-bond acceptors (Lipinski definition) is 2. The number of carboxylic acid groups (broad SMARTS) is 1. The lowest BCUT2D eigenvalue weighted by Crippen LogP contribution is -2.63. The Morgan fingerprint density at radius 3 is 2.31 bits per heavy atom. The summed E-state index contributed by atoms with van der Waals surface area (Å²) < 4.78 is 0. The second kappa shape index (κ2) is 3.36. The average Bonchev–Trinajstić information content (AvgIpc) is 1.97. The molecule has 0 unspecified atom stereocenters. The zero-order chi connectivity index (χ0) is 10.2. The van der Waals surface area contributed by atoms with Gasteiger partial charge in [-0.15, -0.1) is 0 Å². The molecular formula is C9H15NO3. The van der Waals surface area contributed by atoms with Crippen molar-refractivity contribution in [2.45, 2.75) is 26.8 Å². The summed E-state index contributed by atoms with van der Waals surface area (Å²) in [4.78, 5) is 21.8. The number of hydrogen-bond donors (Lipinski definition) is 2. The van der Waals surface area contributed by atoms with Crippen molar-refractivity contribution in [2.24, 2.45) is 17.8 Å². The molecule has 13 heavy (non-hydrogen) atoms. The van der Waals surface area contributed by atoms with E-state index in [4.69, 9.17) is 5.11 Å². The molecule has 4 heteroatoms. The normalized spacial score (nSPS) is 29.4. The summed E-state index contributed by atoms with van der Waals surface area (Å²) in [5.74, 6) is -1.29. The van der Waals surface area contributed by atoms with Crippen LogP contribution in [0.25, 0.3) is 0 Å². The highest BCUT2D eigenvalue weighted by atomic mass is 16.4. The summed E-state index contributed by atoms with van der Waals surface area (Å²) in [5, 5.41) is 11.4. The second-order valence-electron chi connectivity index (χ2n) is 3.93. The van der Waals surface area contributed by atoms with Gasteiger partial charge >= 0.3 is 5.97 Å². The van der Waals surface area contributed by atoms with E-state index in [0.29, 0.717) is 0 Å². The lowest BCUT2D eigenvalue weighted by Gasteiger charge is -2.41. The maximum atomic E-state index is 11.1. The van der Waals surface area contributed by atoms with Crippen molar-refractivity contribution >= 4 is 11.9 Å². The van der Waals surface area contributed by atoms with Gasteiger partial charge < -0.3 is 10.4 Å². The van der Waals surface area contributed by atoms with E-state index in [-0.39, 0.29) is 23.8 Å². The molecule has 1 rings (SSSR count). The van der Waals surface area contributed by atoms with Crippen LogP contribution in [0.3, 0.4) is 0 Å². The van der Waals surface area contributed by atoms with Gasteiger partial charge in [0.15, 0.2) is 0 Å². The maximum absolute atomic E-state index is 11.1. The van der Waals surface area contributed by atoms with Gasteiger partial charge in [-0.05, 0) is 12.8 Å². The molecule has 1 fully saturated rings. The van der Waals surface area contributed by atoms with Crippen molar-refractivity contribution in [3.05, 3.63) is 0 Å². The molecule has 4 nitrogen and oxygen atoms in total. The lowest BCUT2D eigenvalue weighted by atomic mass is 9.75. The molecule has 0 spiro atoms. The van der Waals surface area contributed by atoms with Crippen LogP contribution in [0, 0.1) is 17.8 Å². The van der Waals surface area contributed by atoms with E-state index in [1.54, 1.807) is 6.92 Å². The Bertz CT molecular complexity index is 237. The molecule has 0 aromatic carbocycles. The minimum Gasteiger partial charge on any atom is -0.481 e. The highest BCUT2D eigenvalue weighted by Crippen LogP contribution is 2.28. The second-order valence-corrected chi connectivity index (χ2v) is 3.93. The van der Waals surface area contributed by atoms with Gasteiger partial charge in [0.05, 0.1) is 17.9 Å². The first kappa shape index (κ1) is 10.0.